The smallest absolute Gasteiger partial charge is 0.248 e. The van der Waals surface area contributed by atoms with E-state index in [0.29, 0.717) is 24.8 Å². The molecule has 2 aliphatic carbocycles. The molecule has 3 fully saturated rings. The summed E-state index contributed by atoms with van der Waals surface area (Å²) in [5, 5.41) is 3.35. The van der Waals surface area contributed by atoms with Gasteiger partial charge in [-0.05, 0) is 57.5 Å². The third-order valence-corrected chi connectivity index (χ3v) is 5.25. The first-order valence-corrected chi connectivity index (χ1v) is 8.44. The van der Waals surface area contributed by atoms with Crippen molar-refractivity contribution in [2.75, 3.05) is 19.6 Å². The van der Waals surface area contributed by atoms with Crippen LogP contribution in [0.1, 0.15) is 51.4 Å². The van der Waals surface area contributed by atoms with Crippen molar-refractivity contribution in [3.8, 4) is 0 Å². The van der Waals surface area contributed by atoms with Crippen LogP contribution in [0.2, 0.25) is 0 Å². The van der Waals surface area contributed by atoms with Crippen LogP contribution in [-0.2, 0) is 4.79 Å². The first-order valence-electron chi connectivity index (χ1n) is 8.44. The Hall–Kier alpha value is -0.710. The average Bonchev–Trinajstić information content (AvgIpc) is 3.30. The summed E-state index contributed by atoms with van der Waals surface area (Å²) in [5.41, 5.74) is 0. The number of amides is 1. The summed E-state index contributed by atoms with van der Waals surface area (Å²) in [6.07, 6.45) is 4.94. The van der Waals surface area contributed by atoms with Crippen LogP contribution in [0.5, 0.6) is 0 Å². The Bertz CT molecular complexity index is 368. The average molecular weight is 300 g/mol. The van der Waals surface area contributed by atoms with Gasteiger partial charge in [0.1, 0.15) is 0 Å². The largest absolute Gasteiger partial charge is 0.339 e. The summed E-state index contributed by atoms with van der Waals surface area (Å²) in [5.74, 6) is -1.96. The molecule has 0 radical (unpaired) electrons. The molecule has 3 nitrogen and oxygen atoms in total. The fourth-order valence-electron chi connectivity index (χ4n) is 3.67. The SMILES string of the molecule is O=C(C1CCC(F)(F)CC1)N(CC1CCNCC1)C1CC1. The molecule has 0 aromatic heterocycles. The molecule has 120 valence electrons. The summed E-state index contributed by atoms with van der Waals surface area (Å²) in [6, 6.07) is 0.398. The normalized spacial score (nSPS) is 27.5. The lowest BCUT2D eigenvalue weighted by atomic mass is 9.85. The number of hydrogen-bond acceptors (Lipinski definition) is 2. The molecule has 1 heterocycles. The number of carbonyl (C=O) groups excluding carboxylic acids is 1. The molecule has 1 N–H and O–H groups in total. The lowest BCUT2D eigenvalue weighted by molar-refractivity contribution is -0.141. The summed E-state index contributed by atoms with van der Waals surface area (Å²) in [4.78, 5) is 14.8. The van der Waals surface area contributed by atoms with Gasteiger partial charge in [0.2, 0.25) is 11.8 Å². The molecule has 0 bridgehead atoms. The monoisotopic (exact) mass is 300 g/mol. The lowest BCUT2D eigenvalue weighted by Gasteiger charge is -2.35. The predicted octanol–water partition coefficient (Wildman–Crippen LogP) is 2.80. The summed E-state index contributed by atoms with van der Waals surface area (Å²) < 4.78 is 26.5. The van der Waals surface area contributed by atoms with E-state index in [9.17, 15) is 13.6 Å². The zero-order valence-corrected chi connectivity index (χ0v) is 12.6. The molecule has 0 spiro atoms. The Kier molecular flexibility index (Phi) is 4.48. The summed E-state index contributed by atoms with van der Waals surface area (Å²) >= 11 is 0. The van der Waals surface area contributed by atoms with Gasteiger partial charge in [0.25, 0.3) is 0 Å². The number of piperidine rings is 1. The van der Waals surface area contributed by atoms with Crippen molar-refractivity contribution in [1.82, 2.24) is 10.2 Å². The van der Waals surface area contributed by atoms with Crippen molar-refractivity contribution < 1.29 is 13.6 Å². The molecule has 1 saturated heterocycles. The molecule has 1 aliphatic heterocycles. The third kappa shape index (κ3) is 3.93. The van der Waals surface area contributed by atoms with Crippen LogP contribution in [0.4, 0.5) is 8.78 Å². The Morgan fingerprint density at radius 2 is 1.67 bits per heavy atom. The maximum atomic E-state index is 13.3. The van der Waals surface area contributed by atoms with E-state index in [1.165, 1.54) is 0 Å². The Morgan fingerprint density at radius 1 is 1.05 bits per heavy atom. The van der Waals surface area contributed by atoms with Gasteiger partial charge >= 0.3 is 0 Å². The van der Waals surface area contributed by atoms with Crippen LogP contribution in [0.25, 0.3) is 0 Å². The van der Waals surface area contributed by atoms with Gasteiger partial charge in [-0.15, -0.1) is 0 Å². The standard InChI is InChI=1S/C16H26F2N2O/c17-16(18)7-3-13(4-8-16)15(21)20(14-1-2-14)11-12-5-9-19-10-6-12/h12-14,19H,1-11H2. The number of halogens is 2. The van der Waals surface area contributed by atoms with Gasteiger partial charge < -0.3 is 10.2 Å². The molecule has 2 saturated carbocycles. The van der Waals surface area contributed by atoms with Gasteiger partial charge in [-0.25, -0.2) is 8.78 Å². The molecule has 0 aromatic carbocycles. The molecule has 5 heteroatoms. The molecule has 3 rings (SSSR count). The highest BCUT2D eigenvalue weighted by Crippen LogP contribution is 2.39. The van der Waals surface area contributed by atoms with E-state index in [0.717, 1.165) is 45.3 Å². The predicted molar refractivity (Wildman–Crippen MR) is 77.2 cm³/mol. The molecule has 3 aliphatic rings. The molecule has 0 atom stereocenters. The summed E-state index contributed by atoms with van der Waals surface area (Å²) in [7, 11) is 0. The molecular formula is C16H26F2N2O. The second-order valence-electron chi connectivity index (χ2n) is 7.05. The van der Waals surface area contributed by atoms with Crippen LogP contribution in [0, 0.1) is 11.8 Å². The number of hydrogen-bond donors (Lipinski definition) is 1. The van der Waals surface area contributed by atoms with Crippen molar-refractivity contribution in [3.63, 3.8) is 0 Å². The maximum absolute atomic E-state index is 13.3. The van der Waals surface area contributed by atoms with E-state index in [1.54, 1.807) is 0 Å². The molecule has 21 heavy (non-hydrogen) atoms. The van der Waals surface area contributed by atoms with Gasteiger partial charge in [-0.3, -0.25) is 4.79 Å². The van der Waals surface area contributed by atoms with Crippen molar-refractivity contribution in [1.29, 1.82) is 0 Å². The highest BCUT2D eigenvalue weighted by Gasteiger charge is 2.42. The lowest BCUT2D eigenvalue weighted by Crippen LogP contribution is -2.44. The first kappa shape index (κ1) is 15.2. The number of nitrogens with zero attached hydrogens (tertiary/aromatic N) is 1. The summed E-state index contributed by atoms with van der Waals surface area (Å²) in [6.45, 7) is 2.91. The van der Waals surface area contributed by atoms with Crippen LogP contribution in [0.15, 0.2) is 0 Å². The minimum atomic E-state index is -2.55. The fraction of sp³-hybridized carbons (Fsp3) is 0.938. The second-order valence-corrected chi connectivity index (χ2v) is 7.05. The number of alkyl halides is 2. The number of nitrogens with one attached hydrogen (secondary N) is 1. The van der Waals surface area contributed by atoms with Crippen molar-refractivity contribution in [3.05, 3.63) is 0 Å². The first-order chi connectivity index (χ1) is 10.1. The van der Waals surface area contributed by atoms with E-state index in [4.69, 9.17) is 0 Å². The number of rotatable bonds is 4. The Balaban J connectivity index is 1.57. The van der Waals surface area contributed by atoms with Gasteiger partial charge in [0, 0.05) is 31.3 Å². The van der Waals surface area contributed by atoms with Crippen molar-refractivity contribution in [2.24, 2.45) is 11.8 Å². The second kappa shape index (κ2) is 6.19. The number of carbonyl (C=O) groups is 1. The van der Waals surface area contributed by atoms with Crippen LogP contribution in [0.3, 0.4) is 0 Å². The Morgan fingerprint density at radius 3 is 2.24 bits per heavy atom. The fourth-order valence-corrected chi connectivity index (χ4v) is 3.67. The minimum absolute atomic E-state index is 0.116. The van der Waals surface area contributed by atoms with E-state index in [-0.39, 0.29) is 24.7 Å². The van der Waals surface area contributed by atoms with Gasteiger partial charge in [-0.2, -0.15) is 0 Å². The van der Waals surface area contributed by atoms with E-state index in [1.807, 2.05) is 4.90 Å². The highest BCUT2D eigenvalue weighted by atomic mass is 19.3. The van der Waals surface area contributed by atoms with Gasteiger partial charge in [0.05, 0.1) is 0 Å². The van der Waals surface area contributed by atoms with Crippen LogP contribution < -0.4 is 5.32 Å². The maximum Gasteiger partial charge on any atom is 0.248 e. The molecule has 1 amide bonds. The Labute approximate surface area is 125 Å². The zero-order valence-electron chi connectivity index (χ0n) is 12.6. The quantitative estimate of drug-likeness (QED) is 0.866. The molecule has 0 aromatic rings. The van der Waals surface area contributed by atoms with E-state index < -0.39 is 5.92 Å². The third-order valence-electron chi connectivity index (χ3n) is 5.25. The van der Waals surface area contributed by atoms with Crippen molar-refractivity contribution in [2.45, 2.75) is 63.3 Å². The molecule has 0 unspecified atom stereocenters. The zero-order chi connectivity index (χ0) is 14.9. The topological polar surface area (TPSA) is 32.3 Å². The van der Waals surface area contributed by atoms with Crippen molar-refractivity contribution >= 4 is 5.91 Å². The van der Waals surface area contributed by atoms with Gasteiger partial charge in [0.15, 0.2) is 0 Å². The minimum Gasteiger partial charge on any atom is -0.339 e. The highest BCUT2D eigenvalue weighted by molar-refractivity contribution is 5.79. The van der Waals surface area contributed by atoms with Gasteiger partial charge in [-0.1, -0.05) is 0 Å². The van der Waals surface area contributed by atoms with E-state index in [2.05, 4.69) is 5.32 Å². The molecular weight excluding hydrogens is 274 g/mol. The van der Waals surface area contributed by atoms with Crippen LogP contribution in [-0.4, -0.2) is 42.4 Å². The van der Waals surface area contributed by atoms with Crippen LogP contribution >= 0.6 is 0 Å². The van der Waals surface area contributed by atoms with E-state index >= 15 is 0 Å².